The Bertz CT molecular complexity index is 561. The molecule has 0 spiro atoms. The maximum Gasteiger partial charge on any atom is 0.416 e. The molecule has 2 rings (SSSR count). The Kier molecular flexibility index (Phi) is 6.46. The van der Waals surface area contributed by atoms with E-state index in [1.54, 1.807) is 7.11 Å². The molecule has 0 saturated carbocycles. The molecule has 1 aliphatic heterocycles. The molecule has 1 amide bonds. The summed E-state index contributed by atoms with van der Waals surface area (Å²) in [5.74, 6) is -0.0461. The highest BCUT2D eigenvalue weighted by atomic mass is 19.4. The lowest BCUT2D eigenvalue weighted by molar-refractivity contribution is -0.138. The number of hydrogen-bond acceptors (Lipinski definition) is 3. The minimum absolute atomic E-state index is 0.0461. The van der Waals surface area contributed by atoms with Crippen LogP contribution in [0.2, 0.25) is 0 Å². The van der Waals surface area contributed by atoms with Crippen LogP contribution >= 0.6 is 0 Å². The van der Waals surface area contributed by atoms with Crippen LogP contribution in [0.5, 0.6) is 0 Å². The molecule has 140 valence electrons. The first-order valence-corrected chi connectivity index (χ1v) is 8.43. The fourth-order valence-corrected chi connectivity index (χ4v) is 3.23. The van der Waals surface area contributed by atoms with E-state index in [2.05, 4.69) is 10.6 Å². The van der Waals surface area contributed by atoms with Crippen molar-refractivity contribution in [1.82, 2.24) is 10.6 Å². The monoisotopic (exact) mass is 358 g/mol. The van der Waals surface area contributed by atoms with Gasteiger partial charge in [-0.3, -0.25) is 4.79 Å². The van der Waals surface area contributed by atoms with Gasteiger partial charge in [-0.1, -0.05) is 12.1 Å². The number of ether oxygens (including phenoxy) is 1. The molecule has 1 atom stereocenters. The first kappa shape index (κ1) is 19.7. The van der Waals surface area contributed by atoms with E-state index >= 15 is 0 Å². The molecule has 7 heteroatoms. The average Bonchev–Trinajstić information content (AvgIpc) is 2.55. The molecule has 0 aliphatic carbocycles. The van der Waals surface area contributed by atoms with Crippen LogP contribution in [-0.4, -0.2) is 38.8 Å². The van der Waals surface area contributed by atoms with Crippen LogP contribution in [-0.2, 0) is 22.1 Å². The van der Waals surface area contributed by atoms with E-state index in [9.17, 15) is 18.0 Å². The van der Waals surface area contributed by atoms with Gasteiger partial charge in [0.05, 0.1) is 17.6 Å². The van der Waals surface area contributed by atoms with Crippen molar-refractivity contribution in [2.45, 2.75) is 38.4 Å². The van der Waals surface area contributed by atoms with Crippen LogP contribution in [0.1, 0.15) is 30.9 Å². The first-order valence-electron chi connectivity index (χ1n) is 8.43. The Hall–Kier alpha value is -1.60. The van der Waals surface area contributed by atoms with Crippen molar-refractivity contribution in [2.75, 3.05) is 26.8 Å². The minimum Gasteiger partial charge on any atom is -0.384 e. The van der Waals surface area contributed by atoms with E-state index in [0.29, 0.717) is 25.9 Å². The Morgan fingerprint density at radius 2 is 1.88 bits per heavy atom. The zero-order valence-electron chi connectivity index (χ0n) is 14.6. The number of nitrogens with one attached hydrogen (secondary N) is 2. The van der Waals surface area contributed by atoms with Crippen LogP contribution in [0.3, 0.4) is 0 Å². The summed E-state index contributed by atoms with van der Waals surface area (Å²) in [5, 5.41) is 6.24. The van der Waals surface area contributed by atoms with Crippen LogP contribution in [0.25, 0.3) is 0 Å². The third-order valence-corrected chi connectivity index (χ3v) is 4.66. The summed E-state index contributed by atoms with van der Waals surface area (Å²) in [6.45, 7) is 3.76. The van der Waals surface area contributed by atoms with E-state index in [1.807, 2.05) is 6.92 Å². The lowest BCUT2D eigenvalue weighted by Gasteiger charge is -2.36. The molecule has 1 aliphatic rings. The highest BCUT2D eigenvalue weighted by Gasteiger charge is 2.40. The van der Waals surface area contributed by atoms with Gasteiger partial charge in [-0.2, -0.15) is 13.2 Å². The van der Waals surface area contributed by atoms with Gasteiger partial charge < -0.3 is 15.4 Å². The number of piperidine rings is 1. The highest BCUT2D eigenvalue weighted by Crippen LogP contribution is 2.30. The van der Waals surface area contributed by atoms with Gasteiger partial charge in [0.1, 0.15) is 0 Å². The zero-order chi connectivity index (χ0) is 18.5. The van der Waals surface area contributed by atoms with Crippen LogP contribution in [0.15, 0.2) is 24.3 Å². The molecule has 1 aromatic carbocycles. The number of benzene rings is 1. The normalized spacial score (nSPS) is 18.6. The molecule has 1 saturated heterocycles. The fourth-order valence-electron chi connectivity index (χ4n) is 3.23. The molecule has 25 heavy (non-hydrogen) atoms. The molecule has 1 fully saturated rings. The lowest BCUT2D eigenvalue weighted by atomic mass is 9.78. The first-order chi connectivity index (χ1) is 11.8. The second-order valence-electron chi connectivity index (χ2n) is 6.74. The number of amides is 1. The number of carbonyl (C=O) groups excluding carboxylic acids is 1. The van der Waals surface area contributed by atoms with Crippen LogP contribution in [0.4, 0.5) is 13.2 Å². The van der Waals surface area contributed by atoms with Crippen LogP contribution in [0, 0.1) is 5.41 Å². The summed E-state index contributed by atoms with van der Waals surface area (Å²) < 4.78 is 43.1. The van der Waals surface area contributed by atoms with Gasteiger partial charge in [-0.05, 0) is 57.0 Å². The molecule has 1 unspecified atom stereocenters. The molecule has 1 heterocycles. The largest absolute Gasteiger partial charge is 0.416 e. The molecule has 0 aromatic heterocycles. The highest BCUT2D eigenvalue weighted by molar-refractivity contribution is 5.83. The predicted molar refractivity (Wildman–Crippen MR) is 89.2 cm³/mol. The van der Waals surface area contributed by atoms with Crippen molar-refractivity contribution in [1.29, 1.82) is 0 Å². The number of alkyl halides is 3. The smallest absolute Gasteiger partial charge is 0.384 e. The van der Waals surface area contributed by atoms with Gasteiger partial charge in [0.2, 0.25) is 5.91 Å². The maximum absolute atomic E-state index is 12.7. The Labute approximate surface area is 146 Å². The Balaban J connectivity index is 1.96. The van der Waals surface area contributed by atoms with Gasteiger partial charge in [0.25, 0.3) is 0 Å². The van der Waals surface area contributed by atoms with Gasteiger partial charge in [-0.15, -0.1) is 0 Å². The molecule has 1 aromatic rings. The summed E-state index contributed by atoms with van der Waals surface area (Å²) in [6, 6.07) is 4.89. The van der Waals surface area contributed by atoms with E-state index in [4.69, 9.17) is 4.74 Å². The van der Waals surface area contributed by atoms with Crippen molar-refractivity contribution in [3.05, 3.63) is 35.4 Å². The molecule has 2 N–H and O–H groups in total. The zero-order valence-corrected chi connectivity index (χ0v) is 14.6. The predicted octanol–water partition coefficient (Wildman–Crippen LogP) is 2.77. The van der Waals surface area contributed by atoms with E-state index in [-0.39, 0.29) is 11.9 Å². The summed E-state index contributed by atoms with van der Waals surface area (Å²) in [4.78, 5) is 12.7. The van der Waals surface area contributed by atoms with Gasteiger partial charge in [-0.25, -0.2) is 0 Å². The summed E-state index contributed by atoms with van der Waals surface area (Å²) in [5.41, 5.74) is -0.442. The van der Waals surface area contributed by atoms with E-state index in [1.165, 1.54) is 12.1 Å². The molecule has 4 nitrogen and oxygen atoms in total. The topological polar surface area (TPSA) is 50.4 Å². The number of rotatable bonds is 6. The van der Waals surface area contributed by atoms with Gasteiger partial charge in [0.15, 0.2) is 0 Å². The third kappa shape index (κ3) is 5.19. The number of hydrogen-bond donors (Lipinski definition) is 2. The van der Waals surface area contributed by atoms with Crippen molar-refractivity contribution in [2.24, 2.45) is 5.41 Å². The van der Waals surface area contributed by atoms with Gasteiger partial charge >= 0.3 is 6.18 Å². The second-order valence-corrected chi connectivity index (χ2v) is 6.74. The van der Waals surface area contributed by atoms with Crippen molar-refractivity contribution < 1.29 is 22.7 Å². The third-order valence-electron chi connectivity index (χ3n) is 4.66. The SMILES string of the molecule is COCC1(C(=O)NC(C)Cc2ccc(C(F)(F)F)cc2)CCNCC1. The molecular formula is C18H25F3N2O2. The van der Waals surface area contributed by atoms with Crippen molar-refractivity contribution in [3.63, 3.8) is 0 Å². The van der Waals surface area contributed by atoms with Crippen molar-refractivity contribution >= 4 is 5.91 Å². The van der Waals surface area contributed by atoms with Crippen LogP contribution < -0.4 is 10.6 Å². The summed E-state index contributed by atoms with van der Waals surface area (Å²) >= 11 is 0. The fraction of sp³-hybridized carbons (Fsp3) is 0.611. The minimum atomic E-state index is -4.33. The summed E-state index contributed by atoms with van der Waals surface area (Å²) in [7, 11) is 1.59. The van der Waals surface area contributed by atoms with Crippen molar-refractivity contribution in [3.8, 4) is 0 Å². The average molecular weight is 358 g/mol. The van der Waals surface area contributed by atoms with E-state index in [0.717, 1.165) is 30.8 Å². The van der Waals surface area contributed by atoms with Gasteiger partial charge in [0, 0.05) is 13.2 Å². The molecule has 0 radical (unpaired) electrons. The Morgan fingerprint density at radius 1 is 1.28 bits per heavy atom. The Morgan fingerprint density at radius 3 is 2.40 bits per heavy atom. The quantitative estimate of drug-likeness (QED) is 0.822. The molecule has 0 bridgehead atoms. The number of halogens is 3. The second kappa shape index (κ2) is 8.19. The molecular weight excluding hydrogens is 333 g/mol. The summed E-state index contributed by atoms with van der Waals surface area (Å²) in [6.07, 6.45) is -2.44. The lowest BCUT2D eigenvalue weighted by Crippen LogP contribution is -2.52. The number of carbonyl (C=O) groups is 1. The standard InChI is InChI=1S/C18H25F3N2O2/c1-13(11-14-3-5-15(6-4-14)18(19,20)21)23-16(24)17(12-25-2)7-9-22-10-8-17/h3-6,13,22H,7-12H2,1-2H3,(H,23,24). The number of methoxy groups -OCH3 is 1. The van der Waals surface area contributed by atoms with E-state index < -0.39 is 17.2 Å². The maximum atomic E-state index is 12.7.